The number of piperidine rings is 1. The van der Waals surface area contributed by atoms with Crippen LogP contribution in [0.25, 0.3) is 0 Å². The minimum absolute atomic E-state index is 0.0225. The van der Waals surface area contributed by atoms with Gasteiger partial charge in [-0.2, -0.15) is 0 Å². The number of likely N-dealkylation sites (tertiary alicyclic amines) is 1. The van der Waals surface area contributed by atoms with E-state index in [2.05, 4.69) is 11.8 Å². The Morgan fingerprint density at radius 3 is 2.04 bits per heavy atom. The maximum absolute atomic E-state index is 10.0. The van der Waals surface area contributed by atoms with Gasteiger partial charge in [0.2, 0.25) is 0 Å². The number of para-hydroxylation sites is 2. The minimum Gasteiger partial charge on any atom is -0.494 e. The number of ether oxygens (including phenoxy) is 2. The van der Waals surface area contributed by atoms with E-state index in [4.69, 9.17) is 9.47 Å². The van der Waals surface area contributed by atoms with Crippen molar-refractivity contribution in [1.82, 2.24) is 4.90 Å². The second-order valence-corrected chi connectivity index (χ2v) is 7.58. The molecule has 0 aromatic heterocycles. The average molecular weight is 370 g/mol. The Morgan fingerprint density at radius 2 is 1.48 bits per heavy atom. The lowest BCUT2D eigenvalue weighted by Crippen LogP contribution is -2.47. The molecule has 1 fully saturated rings. The van der Waals surface area contributed by atoms with Gasteiger partial charge in [-0.15, -0.1) is 0 Å². The second kappa shape index (κ2) is 9.77. The normalized spacial score (nSPS) is 18.0. The first kappa shape index (κ1) is 19.7. The quantitative estimate of drug-likeness (QED) is 0.725. The molecule has 1 N–H and O–H groups in total. The van der Waals surface area contributed by atoms with Crippen LogP contribution in [0, 0.1) is 5.41 Å². The van der Waals surface area contributed by atoms with Crippen LogP contribution in [0.3, 0.4) is 0 Å². The summed E-state index contributed by atoms with van der Waals surface area (Å²) in [5.74, 6) is 1.82. The molecule has 0 saturated carbocycles. The van der Waals surface area contributed by atoms with Crippen molar-refractivity contribution < 1.29 is 14.6 Å². The molecule has 1 heterocycles. The van der Waals surface area contributed by atoms with Gasteiger partial charge < -0.3 is 14.6 Å². The molecule has 2 aromatic rings. The Kier molecular flexibility index (Phi) is 7.13. The molecule has 1 aliphatic rings. The highest BCUT2D eigenvalue weighted by atomic mass is 16.5. The van der Waals surface area contributed by atoms with Crippen LogP contribution in [0.15, 0.2) is 60.7 Å². The number of hydrogen-bond acceptors (Lipinski definition) is 4. The van der Waals surface area contributed by atoms with Crippen LogP contribution < -0.4 is 9.47 Å². The third-order valence-electron chi connectivity index (χ3n) is 5.70. The van der Waals surface area contributed by atoms with Gasteiger partial charge in [0.25, 0.3) is 0 Å². The summed E-state index contributed by atoms with van der Waals surface area (Å²) in [6.07, 6.45) is 2.88. The third kappa shape index (κ3) is 5.72. The predicted molar refractivity (Wildman–Crippen MR) is 108 cm³/mol. The zero-order valence-corrected chi connectivity index (χ0v) is 16.2. The van der Waals surface area contributed by atoms with Crippen molar-refractivity contribution in [3.05, 3.63) is 60.7 Å². The molecule has 4 nitrogen and oxygen atoms in total. The standard InChI is InChI=1S/C23H31NO3/c1-20(18-27-22-10-6-3-7-11-22)24-15-12-23(19-25,13-16-24)14-17-26-21-8-4-2-5-9-21/h2-11,20,25H,12-19H2,1H3/t20-/m1/s1. The van der Waals surface area contributed by atoms with Gasteiger partial charge in [-0.25, -0.2) is 0 Å². The molecule has 0 unspecified atom stereocenters. The van der Waals surface area contributed by atoms with E-state index in [-0.39, 0.29) is 12.0 Å². The smallest absolute Gasteiger partial charge is 0.119 e. The number of aliphatic hydroxyl groups excluding tert-OH is 1. The number of aliphatic hydroxyl groups is 1. The number of nitrogens with zero attached hydrogens (tertiary/aromatic N) is 1. The van der Waals surface area contributed by atoms with Crippen molar-refractivity contribution in [2.45, 2.75) is 32.2 Å². The van der Waals surface area contributed by atoms with E-state index < -0.39 is 0 Å². The van der Waals surface area contributed by atoms with E-state index in [1.54, 1.807) is 0 Å². The predicted octanol–water partition coefficient (Wildman–Crippen LogP) is 4.00. The summed E-state index contributed by atoms with van der Waals surface area (Å²) in [4.78, 5) is 2.47. The van der Waals surface area contributed by atoms with E-state index >= 15 is 0 Å². The van der Waals surface area contributed by atoms with Gasteiger partial charge >= 0.3 is 0 Å². The maximum atomic E-state index is 10.0. The zero-order chi connectivity index (χ0) is 19.0. The van der Waals surface area contributed by atoms with Gasteiger partial charge in [-0.3, -0.25) is 4.90 Å². The van der Waals surface area contributed by atoms with E-state index in [0.717, 1.165) is 43.9 Å². The van der Waals surface area contributed by atoms with Crippen LogP contribution >= 0.6 is 0 Å². The molecule has 3 rings (SSSR count). The Morgan fingerprint density at radius 1 is 0.926 bits per heavy atom. The van der Waals surface area contributed by atoms with Crippen molar-refractivity contribution >= 4 is 0 Å². The summed E-state index contributed by atoms with van der Waals surface area (Å²) < 4.78 is 11.8. The molecule has 4 heteroatoms. The average Bonchev–Trinajstić information content (AvgIpc) is 2.74. The minimum atomic E-state index is -0.0225. The Hall–Kier alpha value is -2.04. The summed E-state index contributed by atoms with van der Waals surface area (Å²) in [7, 11) is 0. The summed E-state index contributed by atoms with van der Waals surface area (Å²) in [5, 5.41) is 10.0. The van der Waals surface area contributed by atoms with Crippen molar-refractivity contribution in [2.75, 3.05) is 32.9 Å². The first-order valence-electron chi connectivity index (χ1n) is 9.91. The topological polar surface area (TPSA) is 41.9 Å². The van der Waals surface area contributed by atoms with Crippen molar-refractivity contribution in [2.24, 2.45) is 5.41 Å². The first-order chi connectivity index (χ1) is 13.2. The van der Waals surface area contributed by atoms with Gasteiger partial charge in [0.15, 0.2) is 0 Å². The highest BCUT2D eigenvalue weighted by molar-refractivity contribution is 5.21. The molecule has 146 valence electrons. The van der Waals surface area contributed by atoms with Gasteiger partial charge in [0.05, 0.1) is 6.61 Å². The van der Waals surface area contributed by atoms with Crippen LogP contribution in [0.4, 0.5) is 0 Å². The summed E-state index contributed by atoms with van der Waals surface area (Å²) >= 11 is 0. The molecule has 0 spiro atoms. The van der Waals surface area contributed by atoms with Crippen molar-refractivity contribution in [3.63, 3.8) is 0 Å². The van der Waals surface area contributed by atoms with Crippen molar-refractivity contribution in [1.29, 1.82) is 0 Å². The molecule has 2 aromatic carbocycles. The third-order valence-corrected chi connectivity index (χ3v) is 5.70. The Bertz CT molecular complexity index is 654. The lowest BCUT2D eigenvalue weighted by Gasteiger charge is -2.42. The van der Waals surface area contributed by atoms with E-state index in [1.807, 2.05) is 60.7 Å². The largest absolute Gasteiger partial charge is 0.494 e. The van der Waals surface area contributed by atoms with Crippen LogP contribution in [0.1, 0.15) is 26.2 Å². The highest BCUT2D eigenvalue weighted by Crippen LogP contribution is 2.35. The number of rotatable bonds is 9. The van der Waals surface area contributed by atoms with E-state index in [0.29, 0.717) is 19.3 Å². The van der Waals surface area contributed by atoms with Crippen LogP contribution in [-0.4, -0.2) is 49.0 Å². The Labute approximate surface area is 162 Å². The fourth-order valence-electron chi connectivity index (χ4n) is 3.67. The summed E-state index contributed by atoms with van der Waals surface area (Å²) in [6, 6.07) is 20.2. The fourth-order valence-corrected chi connectivity index (χ4v) is 3.67. The fraction of sp³-hybridized carbons (Fsp3) is 0.478. The first-order valence-corrected chi connectivity index (χ1v) is 9.91. The molecule has 0 amide bonds. The molecule has 1 atom stereocenters. The number of benzene rings is 2. The number of hydrogen-bond donors (Lipinski definition) is 1. The lowest BCUT2D eigenvalue weighted by atomic mass is 9.76. The zero-order valence-electron chi connectivity index (χ0n) is 16.2. The van der Waals surface area contributed by atoms with E-state index in [1.165, 1.54) is 0 Å². The van der Waals surface area contributed by atoms with Crippen LogP contribution in [0.5, 0.6) is 11.5 Å². The summed E-state index contributed by atoms with van der Waals surface area (Å²) in [6.45, 7) is 5.77. The van der Waals surface area contributed by atoms with Crippen LogP contribution in [-0.2, 0) is 0 Å². The molecule has 0 bridgehead atoms. The SMILES string of the molecule is C[C@H](COc1ccccc1)N1CCC(CO)(CCOc2ccccc2)CC1. The molecular weight excluding hydrogens is 338 g/mol. The van der Waals surface area contributed by atoms with Gasteiger partial charge in [-0.05, 0) is 69.0 Å². The Balaban J connectivity index is 1.42. The summed E-state index contributed by atoms with van der Waals surface area (Å²) in [5.41, 5.74) is -0.0225. The van der Waals surface area contributed by atoms with E-state index in [9.17, 15) is 5.11 Å². The molecule has 0 radical (unpaired) electrons. The van der Waals surface area contributed by atoms with Crippen LogP contribution in [0.2, 0.25) is 0 Å². The molecule has 0 aliphatic carbocycles. The van der Waals surface area contributed by atoms with Crippen molar-refractivity contribution in [3.8, 4) is 11.5 Å². The molecule has 1 saturated heterocycles. The molecular formula is C23H31NO3. The van der Waals surface area contributed by atoms with Gasteiger partial charge in [-0.1, -0.05) is 36.4 Å². The monoisotopic (exact) mass is 369 g/mol. The highest BCUT2D eigenvalue weighted by Gasteiger charge is 2.35. The van der Waals surface area contributed by atoms with Gasteiger partial charge in [0.1, 0.15) is 18.1 Å². The maximum Gasteiger partial charge on any atom is 0.119 e. The molecule has 27 heavy (non-hydrogen) atoms. The molecule has 1 aliphatic heterocycles. The second-order valence-electron chi connectivity index (χ2n) is 7.58. The lowest BCUT2D eigenvalue weighted by molar-refractivity contribution is 0.00819. The van der Waals surface area contributed by atoms with Gasteiger partial charge in [0, 0.05) is 12.6 Å².